The average Bonchev–Trinajstić information content (AvgIpc) is 2.46. The second kappa shape index (κ2) is 6.28. The van der Waals surface area contributed by atoms with E-state index in [0.717, 1.165) is 5.56 Å². The smallest absolute Gasteiger partial charge is 0.337 e. The van der Waals surface area contributed by atoms with Crippen molar-refractivity contribution in [3.63, 3.8) is 0 Å². The van der Waals surface area contributed by atoms with Crippen molar-refractivity contribution in [3.05, 3.63) is 54.1 Å². The van der Waals surface area contributed by atoms with Gasteiger partial charge in [0.15, 0.2) is 0 Å². The van der Waals surface area contributed by atoms with Gasteiger partial charge in [-0.05, 0) is 23.8 Å². The SMILES string of the molecule is O=C(NCc1ccncc1)Nc1cncc(C(=O)O)c1. The molecule has 7 nitrogen and oxygen atoms in total. The number of anilines is 1. The van der Waals surface area contributed by atoms with Gasteiger partial charge in [0, 0.05) is 25.1 Å². The molecule has 2 rings (SSSR count). The highest BCUT2D eigenvalue weighted by molar-refractivity contribution is 5.92. The van der Waals surface area contributed by atoms with E-state index < -0.39 is 12.0 Å². The fraction of sp³-hybridized carbons (Fsp3) is 0.0769. The van der Waals surface area contributed by atoms with Crippen LogP contribution in [0.1, 0.15) is 15.9 Å². The van der Waals surface area contributed by atoms with Crippen LogP contribution in [0.2, 0.25) is 0 Å². The lowest BCUT2D eigenvalue weighted by molar-refractivity contribution is 0.0696. The first-order valence-electron chi connectivity index (χ1n) is 5.77. The van der Waals surface area contributed by atoms with Gasteiger partial charge in [-0.25, -0.2) is 9.59 Å². The van der Waals surface area contributed by atoms with Crippen LogP contribution in [0.4, 0.5) is 10.5 Å². The van der Waals surface area contributed by atoms with E-state index in [0.29, 0.717) is 12.2 Å². The standard InChI is InChI=1S/C13H12N4O3/c18-12(19)10-5-11(8-15-7-10)17-13(20)16-6-9-1-3-14-4-2-9/h1-5,7-8H,6H2,(H,18,19)(H2,16,17,20). The Labute approximate surface area is 114 Å². The number of urea groups is 1. The molecule has 0 bridgehead atoms. The Morgan fingerprint density at radius 3 is 2.60 bits per heavy atom. The first kappa shape index (κ1) is 13.5. The van der Waals surface area contributed by atoms with Crippen molar-refractivity contribution in [2.24, 2.45) is 0 Å². The zero-order chi connectivity index (χ0) is 14.4. The van der Waals surface area contributed by atoms with Gasteiger partial charge >= 0.3 is 12.0 Å². The molecular weight excluding hydrogens is 260 g/mol. The number of carbonyl (C=O) groups is 2. The number of hydrogen-bond acceptors (Lipinski definition) is 4. The van der Waals surface area contributed by atoms with Crippen molar-refractivity contribution in [2.45, 2.75) is 6.54 Å². The zero-order valence-corrected chi connectivity index (χ0v) is 10.4. The summed E-state index contributed by atoms with van der Waals surface area (Å²) in [7, 11) is 0. The lowest BCUT2D eigenvalue weighted by Crippen LogP contribution is -2.28. The number of carboxylic acids is 1. The first-order chi connectivity index (χ1) is 9.65. The molecule has 0 unspecified atom stereocenters. The number of pyridine rings is 2. The molecule has 0 aliphatic heterocycles. The maximum absolute atomic E-state index is 11.7. The molecule has 0 aliphatic carbocycles. The van der Waals surface area contributed by atoms with E-state index in [1.807, 2.05) is 0 Å². The highest BCUT2D eigenvalue weighted by atomic mass is 16.4. The van der Waals surface area contributed by atoms with Crippen LogP contribution < -0.4 is 10.6 Å². The van der Waals surface area contributed by atoms with Gasteiger partial charge in [0.2, 0.25) is 0 Å². The lowest BCUT2D eigenvalue weighted by atomic mass is 10.2. The Bertz CT molecular complexity index is 616. The molecule has 0 saturated carbocycles. The van der Waals surface area contributed by atoms with Crippen molar-refractivity contribution < 1.29 is 14.7 Å². The lowest BCUT2D eigenvalue weighted by Gasteiger charge is -2.07. The maximum atomic E-state index is 11.7. The predicted octanol–water partition coefficient (Wildman–Crippen LogP) is 1.50. The van der Waals surface area contributed by atoms with Gasteiger partial charge in [-0.15, -0.1) is 0 Å². The van der Waals surface area contributed by atoms with Crippen LogP contribution in [-0.2, 0) is 6.54 Å². The molecule has 3 N–H and O–H groups in total. The van der Waals surface area contributed by atoms with Gasteiger partial charge in [0.25, 0.3) is 0 Å². The van der Waals surface area contributed by atoms with E-state index in [1.54, 1.807) is 24.5 Å². The molecule has 2 aromatic heterocycles. The first-order valence-corrected chi connectivity index (χ1v) is 5.77. The van der Waals surface area contributed by atoms with Crippen molar-refractivity contribution in [2.75, 3.05) is 5.32 Å². The number of carboxylic acid groups (broad SMARTS) is 1. The number of rotatable bonds is 4. The molecule has 20 heavy (non-hydrogen) atoms. The summed E-state index contributed by atoms with van der Waals surface area (Å²) < 4.78 is 0. The number of aromatic nitrogens is 2. The van der Waals surface area contributed by atoms with Gasteiger partial charge in [-0.3, -0.25) is 9.97 Å². The average molecular weight is 272 g/mol. The molecule has 0 aliphatic rings. The molecule has 7 heteroatoms. The zero-order valence-electron chi connectivity index (χ0n) is 10.4. The number of carbonyl (C=O) groups excluding carboxylic acids is 1. The number of amides is 2. The highest BCUT2D eigenvalue weighted by Crippen LogP contribution is 2.08. The molecule has 2 aromatic rings. The van der Waals surface area contributed by atoms with Crippen LogP contribution in [0, 0.1) is 0 Å². The highest BCUT2D eigenvalue weighted by Gasteiger charge is 2.06. The minimum Gasteiger partial charge on any atom is -0.478 e. The second-order valence-electron chi connectivity index (χ2n) is 3.93. The van der Waals surface area contributed by atoms with E-state index in [4.69, 9.17) is 5.11 Å². The third kappa shape index (κ3) is 3.77. The largest absolute Gasteiger partial charge is 0.478 e. The topological polar surface area (TPSA) is 104 Å². The minimum atomic E-state index is -1.10. The third-order valence-electron chi connectivity index (χ3n) is 2.45. The van der Waals surface area contributed by atoms with Gasteiger partial charge in [0.05, 0.1) is 17.4 Å². The van der Waals surface area contributed by atoms with Crippen LogP contribution in [0.25, 0.3) is 0 Å². The normalized spacial score (nSPS) is 9.80. The number of nitrogens with zero attached hydrogens (tertiary/aromatic N) is 2. The summed E-state index contributed by atoms with van der Waals surface area (Å²) in [4.78, 5) is 30.0. The van der Waals surface area contributed by atoms with E-state index in [9.17, 15) is 9.59 Å². The Hall–Kier alpha value is -2.96. The summed E-state index contributed by atoms with van der Waals surface area (Å²) in [6, 6.07) is 4.47. The van der Waals surface area contributed by atoms with Crippen LogP contribution in [0.15, 0.2) is 43.0 Å². The molecule has 2 heterocycles. The number of aromatic carboxylic acids is 1. The quantitative estimate of drug-likeness (QED) is 0.782. The van der Waals surface area contributed by atoms with E-state index >= 15 is 0 Å². The Morgan fingerprint density at radius 2 is 1.90 bits per heavy atom. The molecule has 0 aromatic carbocycles. The van der Waals surface area contributed by atoms with Gasteiger partial charge in [-0.2, -0.15) is 0 Å². The summed E-state index contributed by atoms with van der Waals surface area (Å²) in [6.45, 7) is 0.348. The van der Waals surface area contributed by atoms with E-state index in [-0.39, 0.29) is 5.56 Å². The predicted molar refractivity (Wildman–Crippen MR) is 71.3 cm³/mol. The van der Waals surface area contributed by atoms with Gasteiger partial charge in [0.1, 0.15) is 0 Å². The minimum absolute atomic E-state index is 0.0110. The summed E-state index contributed by atoms with van der Waals surface area (Å²) >= 11 is 0. The van der Waals surface area contributed by atoms with Gasteiger partial charge < -0.3 is 15.7 Å². The number of nitrogens with one attached hydrogen (secondary N) is 2. The van der Waals surface area contributed by atoms with Gasteiger partial charge in [-0.1, -0.05) is 0 Å². The molecule has 102 valence electrons. The van der Waals surface area contributed by atoms with Crippen LogP contribution in [0.3, 0.4) is 0 Å². The molecule has 0 saturated heterocycles. The van der Waals surface area contributed by atoms with E-state index in [2.05, 4.69) is 20.6 Å². The van der Waals surface area contributed by atoms with Crippen molar-refractivity contribution in [1.29, 1.82) is 0 Å². The van der Waals surface area contributed by atoms with Crippen LogP contribution >= 0.6 is 0 Å². The number of hydrogen-bond donors (Lipinski definition) is 3. The van der Waals surface area contributed by atoms with Crippen molar-refractivity contribution >= 4 is 17.7 Å². The molecule has 0 spiro atoms. The van der Waals surface area contributed by atoms with E-state index in [1.165, 1.54) is 18.5 Å². The fourth-order valence-corrected chi connectivity index (χ4v) is 1.48. The molecular formula is C13H12N4O3. The summed E-state index contributed by atoms with van der Waals surface area (Å²) in [6.07, 6.45) is 5.85. The Morgan fingerprint density at radius 1 is 1.15 bits per heavy atom. The van der Waals surface area contributed by atoms with Crippen LogP contribution in [0.5, 0.6) is 0 Å². The molecule has 2 amide bonds. The monoisotopic (exact) mass is 272 g/mol. The summed E-state index contributed by atoms with van der Waals surface area (Å²) in [5.41, 5.74) is 1.24. The van der Waals surface area contributed by atoms with Crippen molar-refractivity contribution in [3.8, 4) is 0 Å². The molecule has 0 atom stereocenters. The summed E-state index contributed by atoms with van der Waals surface area (Å²) in [5.74, 6) is -1.10. The fourth-order valence-electron chi connectivity index (χ4n) is 1.48. The maximum Gasteiger partial charge on any atom is 0.337 e. The van der Waals surface area contributed by atoms with Crippen LogP contribution in [-0.4, -0.2) is 27.1 Å². The molecule has 0 radical (unpaired) electrons. The second-order valence-corrected chi connectivity index (χ2v) is 3.93. The summed E-state index contributed by atoms with van der Waals surface area (Å²) in [5, 5.41) is 14.0. The molecule has 0 fully saturated rings. The van der Waals surface area contributed by atoms with Crippen molar-refractivity contribution in [1.82, 2.24) is 15.3 Å². The Balaban J connectivity index is 1.91. The Kier molecular flexibility index (Phi) is 4.23. The third-order valence-corrected chi connectivity index (χ3v) is 2.45.